The van der Waals surface area contributed by atoms with Crippen molar-refractivity contribution in [1.29, 1.82) is 0 Å². The molecule has 0 saturated heterocycles. The van der Waals surface area contributed by atoms with E-state index in [2.05, 4.69) is 0 Å². The van der Waals surface area contributed by atoms with Crippen molar-refractivity contribution in [3.05, 3.63) is 27.1 Å². The molecule has 0 saturated carbocycles. The van der Waals surface area contributed by atoms with Crippen molar-refractivity contribution in [3.8, 4) is 0 Å². The van der Waals surface area contributed by atoms with Crippen molar-refractivity contribution in [2.75, 3.05) is 19.0 Å². The number of hydrogen-bond acceptors (Lipinski definition) is 4. The molecule has 1 aromatic rings. The summed E-state index contributed by atoms with van der Waals surface area (Å²) in [6.45, 7) is -0.770. The summed E-state index contributed by atoms with van der Waals surface area (Å²) in [4.78, 5) is 22.6. The van der Waals surface area contributed by atoms with E-state index in [9.17, 15) is 23.7 Å². The molecule has 1 heterocycles. The molecule has 0 aliphatic carbocycles. The Balaban J connectivity index is 2.83. The van der Waals surface area contributed by atoms with Crippen LogP contribution in [-0.4, -0.2) is 41.1 Å². The van der Waals surface area contributed by atoms with Crippen molar-refractivity contribution < 1.29 is 18.5 Å². The van der Waals surface area contributed by atoms with E-state index in [1.807, 2.05) is 0 Å². The van der Waals surface area contributed by atoms with Crippen LogP contribution in [0.15, 0.2) is 12.1 Å². The molecule has 1 rings (SSSR count). The minimum Gasteiger partial charge on any atom is -0.331 e. The van der Waals surface area contributed by atoms with Gasteiger partial charge in [0.05, 0.1) is 16.3 Å². The summed E-state index contributed by atoms with van der Waals surface area (Å²) >= 11 is 6.08. The van der Waals surface area contributed by atoms with Crippen LogP contribution in [0.4, 0.5) is 13.8 Å². The summed E-state index contributed by atoms with van der Waals surface area (Å²) in [5.41, 5.74) is 0. The minimum absolute atomic E-state index is 0.0198. The molecule has 0 unspecified atom stereocenters. The number of amides is 1. The fraction of sp³-hybridized carbons (Fsp3) is 0.444. The highest BCUT2D eigenvalue weighted by Gasteiger charge is 2.22. The zero-order chi connectivity index (χ0) is 13.7. The lowest BCUT2D eigenvalue weighted by molar-refractivity contribution is -0.380. The molecule has 0 atom stereocenters. The number of rotatable bonds is 6. The van der Waals surface area contributed by atoms with Gasteiger partial charge in [0.15, 0.2) is 0 Å². The fourth-order valence-electron chi connectivity index (χ4n) is 1.24. The average molecular weight is 299 g/mol. The predicted molar refractivity (Wildman–Crippen MR) is 63.6 cm³/mol. The van der Waals surface area contributed by atoms with Gasteiger partial charge in [0.1, 0.15) is 0 Å². The lowest BCUT2D eigenvalue weighted by atomic mass is 10.4. The summed E-state index contributed by atoms with van der Waals surface area (Å²) < 4.78 is 24.6. The first kappa shape index (κ1) is 14.8. The molecule has 9 heteroatoms. The molecule has 0 radical (unpaired) electrons. The van der Waals surface area contributed by atoms with Gasteiger partial charge in [-0.1, -0.05) is 11.3 Å². The van der Waals surface area contributed by atoms with Crippen LogP contribution in [0.25, 0.3) is 0 Å². The molecule has 0 fully saturated rings. The van der Waals surface area contributed by atoms with Gasteiger partial charge in [0.2, 0.25) is 0 Å². The highest BCUT2D eigenvalue weighted by molar-refractivity contribution is 7.17. The molecule has 5 nitrogen and oxygen atoms in total. The Hall–Kier alpha value is -1.28. The van der Waals surface area contributed by atoms with E-state index >= 15 is 0 Å². The number of hydrogen-bond donors (Lipinski definition) is 0. The Labute approximate surface area is 110 Å². The number of carbonyl (C=O) groups excluding carboxylic acids is 1. The molecule has 18 heavy (non-hydrogen) atoms. The van der Waals surface area contributed by atoms with Crippen LogP contribution in [0, 0.1) is 10.1 Å². The van der Waals surface area contributed by atoms with Gasteiger partial charge < -0.3 is 4.90 Å². The Morgan fingerprint density at radius 1 is 1.56 bits per heavy atom. The van der Waals surface area contributed by atoms with Crippen molar-refractivity contribution in [3.63, 3.8) is 0 Å². The SMILES string of the molecule is O=C(c1ccc([N+](=O)[O-])s1)N(CCCl)CC(F)F. The lowest BCUT2D eigenvalue weighted by Crippen LogP contribution is -2.36. The van der Waals surface area contributed by atoms with Crippen molar-refractivity contribution in [1.82, 2.24) is 4.90 Å². The Morgan fingerprint density at radius 3 is 2.67 bits per heavy atom. The van der Waals surface area contributed by atoms with E-state index in [0.29, 0.717) is 11.3 Å². The van der Waals surface area contributed by atoms with Crippen molar-refractivity contribution in [2.24, 2.45) is 0 Å². The van der Waals surface area contributed by atoms with E-state index in [-0.39, 0.29) is 22.3 Å². The van der Waals surface area contributed by atoms with Crippen LogP contribution in [0.2, 0.25) is 0 Å². The Morgan fingerprint density at radius 2 is 2.22 bits per heavy atom. The van der Waals surface area contributed by atoms with Gasteiger partial charge in [-0.25, -0.2) is 8.78 Å². The van der Waals surface area contributed by atoms with E-state index in [4.69, 9.17) is 11.6 Å². The number of alkyl halides is 3. The molecule has 0 aliphatic heterocycles. The molecular weight excluding hydrogens is 290 g/mol. The maximum absolute atomic E-state index is 12.3. The number of thiophene rings is 1. The van der Waals surface area contributed by atoms with E-state index in [0.717, 1.165) is 4.90 Å². The number of carbonyl (C=O) groups is 1. The molecule has 1 amide bonds. The second-order valence-corrected chi connectivity index (χ2v) is 4.67. The second-order valence-electron chi connectivity index (χ2n) is 3.23. The van der Waals surface area contributed by atoms with E-state index < -0.39 is 23.8 Å². The van der Waals surface area contributed by atoms with E-state index in [1.54, 1.807) is 0 Å². The maximum Gasteiger partial charge on any atom is 0.324 e. The number of halogens is 3. The highest BCUT2D eigenvalue weighted by Crippen LogP contribution is 2.25. The van der Waals surface area contributed by atoms with Gasteiger partial charge >= 0.3 is 5.00 Å². The topological polar surface area (TPSA) is 63.4 Å². The second kappa shape index (κ2) is 6.60. The zero-order valence-corrected chi connectivity index (χ0v) is 10.6. The van der Waals surface area contributed by atoms with Crippen LogP contribution in [0.5, 0.6) is 0 Å². The lowest BCUT2D eigenvalue weighted by Gasteiger charge is -2.20. The zero-order valence-electron chi connectivity index (χ0n) is 9.01. The third-order valence-corrected chi connectivity index (χ3v) is 3.18. The first-order valence-corrected chi connectivity index (χ1v) is 6.18. The first-order chi connectivity index (χ1) is 8.45. The third kappa shape index (κ3) is 3.88. The summed E-state index contributed by atoms with van der Waals surface area (Å²) in [5, 5.41) is 10.3. The standard InChI is InChI=1S/C9H9ClF2N2O3S/c10-3-4-13(5-7(11)12)9(15)6-1-2-8(18-6)14(16)17/h1-2,7H,3-5H2. The fourth-order valence-corrected chi connectivity index (χ4v) is 2.23. The summed E-state index contributed by atoms with van der Waals surface area (Å²) in [6, 6.07) is 2.41. The molecule has 1 aromatic heterocycles. The summed E-state index contributed by atoms with van der Waals surface area (Å²) in [5.74, 6) is -0.652. The summed E-state index contributed by atoms with van der Waals surface area (Å²) in [7, 11) is 0. The first-order valence-electron chi connectivity index (χ1n) is 4.83. The molecule has 0 bridgehead atoms. The van der Waals surface area contributed by atoms with E-state index in [1.165, 1.54) is 12.1 Å². The van der Waals surface area contributed by atoms with Gasteiger partial charge in [0, 0.05) is 18.5 Å². The van der Waals surface area contributed by atoms with Gasteiger partial charge in [-0.15, -0.1) is 11.6 Å². The van der Waals surface area contributed by atoms with Gasteiger partial charge in [0.25, 0.3) is 12.3 Å². The van der Waals surface area contributed by atoms with Crippen molar-refractivity contribution >= 4 is 33.8 Å². The average Bonchev–Trinajstić information content (AvgIpc) is 2.76. The third-order valence-electron chi connectivity index (χ3n) is 1.98. The maximum atomic E-state index is 12.3. The predicted octanol–water partition coefficient (Wildman–Crippen LogP) is 2.60. The van der Waals surface area contributed by atoms with Gasteiger partial charge in [-0.2, -0.15) is 0 Å². The van der Waals surface area contributed by atoms with Gasteiger partial charge in [-0.05, 0) is 6.07 Å². The van der Waals surface area contributed by atoms with Crippen molar-refractivity contribution in [2.45, 2.75) is 6.43 Å². The normalized spacial score (nSPS) is 10.7. The molecular formula is C9H9ClF2N2O3S. The van der Waals surface area contributed by atoms with Crippen LogP contribution < -0.4 is 0 Å². The number of nitro groups is 1. The largest absolute Gasteiger partial charge is 0.331 e. The van der Waals surface area contributed by atoms with Crippen LogP contribution >= 0.6 is 22.9 Å². The van der Waals surface area contributed by atoms with Crippen LogP contribution in [0.1, 0.15) is 9.67 Å². The highest BCUT2D eigenvalue weighted by atomic mass is 35.5. The Kier molecular flexibility index (Phi) is 5.42. The van der Waals surface area contributed by atoms with Crippen LogP contribution in [0.3, 0.4) is 0 Å². The molecule has 0 N–H and O–H groups in total. The minimum atomic E-state index is -2.67. The molecule has 0 aliphatic rings. The summed E-state index contributed by atoms with van der Waals surface area (Å²) in [6.07, 6.45) is -2.67. The van der Waals surface area contributed by atoms with Gasteiger partial charge in [-0.3, -0.25) is 14.9 Å². The smallest absolute Gasteiger partial charge is 0.324 e. The molecule has 0 spiro atoms. The monoisotopic (exact) mass is 298 g/mol. The Bertz CT molecular complexity index is 441. The molecule has 0 aromatic carbocycles. The number of nitrogens with zero attached hydrogens (tertiary/aromatic N) is 2. The quantitative estimate of drug-likeness (QED) is 0.461. The van der Waals surface area contributed by atoms with Crippen LogP contribution in [-0.2, 0) is 0 Å². The molecule has 100 valence electrons.